The van der Waals surface area contributed by atoms with Gasteiger partial charge < -0.3 is 15.8 Å². The van der Waals surface area contributed by atoms with E-state index in [1.54, 1.807) is 18.2 Å². The van der Waals surface area contributed by atoms with Crippen molar-refractivity contribution >= 4 is 41.5 Å². The summed E-state index contributed by atoms with van der Waals surface area (Å²) in [6.45, 7) is 4.51. The van der Waals surface area contributed by atoms with E-state index in [9.17, 15) is 4.79 Å². The Kier molecular flexibility index (Phi) is 9.79. The van der Waals surface area contributed by atoms with Gasteiger partial charge in [-0.3, -0.25) is 4.79 Å². The van der Waals surface area contributed by atoms with Crippen LogP contribution in [0, 0.1) is 5.92 Å². The minimum Gasteiger partial charge on any atom is -0.484 e. The van der Waals surface area contributed by atoms with Crippen molar-refractivity contribution in [3.63, 3.8) is 0 Å². The first-order valence-electron chi connectivity index (χ1n) is 6.49. The van der Waals surface area contributed by atoms with E-state index in [0.717, 1.165) is 6.42 Å². The molecule has 0 spiro atoms. The summed E-state index contributed by atoms with van der Waals surface area (Å²) in [7, 11) is 0. The third-order valence-electron chi connectivity index (χ3n) is 2.67. The Morgan fingerprint density at radius 1 is 1.33 bits per heavy atom. The molecule has 0 saturated carbocycles. The molecule has 1 unspecified atom stereocenters. The number of hydrogen-bond donors (Lipinski definition) is 2. The van der Waals surface area contributed by atoms with Gasteiger partial charge in [0.15, 0.2) is 6.61 Å². The number of rotatable bonds is 7. The molecule has 0 aliphatic heterocycles. The van der Waals surface area contributed by atoms with Gasteiger partial charge in [0.2, 0.25) is 0 Å². The molecule has 0 saturated heterocycles. The molecule has 1 amide bonds. The Labute approximate surface area is 141 Å². The highest BCUT2D eigenvalue weighted by Gasteiger charge is 2.13. The molecule has 120 valence electrons. The van der Waals surface area contributed by atoms with Crippen molar-refractivity contribution in [1.82, 2.24) is 5.32 Å². The van der Waals surface area contributed by atoms with Crippen LogP contribution in [-0.2, 0) is 4.79 Å². The number of carbonyl (C=O) groups is 1. The third-order valence-corrected chi connectivity index (χ3v) is 3.41. The predicted octanol–water partition coefficient (Wildman–Crippen LogP) is 3.28. The van der Waals surface area contributed by atoms with Gasteiger partial charge in [-0.2, -0.15) is 0 Å². The molecule has 0 aliphatic carbocycles. The molecule has 1 rings (SSSR count). The summed E-state index contributed by atoms with van der Waals surface area (Å²) in [4.78, 5) is 11.8. The van der Waals surface area contributed by atoms with Gasteiger partial charge in [-0.05, 0) is 24.5 Å². The summed E-state index contributed by atoms with van der Waals surface area (Å²) in [5.41, 5.74) is 5.63. The fourth-order valence-electron chi connectivity index (χ4n) is 1.77. The zero-order valence-electron chi connectivity index (χ0n) is 12.1. The van der Waals surface area contributed by atoms with Crippen molar-refractivity contribution in [2.75, 3.05) is 13.2 Å². The molecule has 0 aromatic heterocycles. The molecule has 0 aliphatic rings. The highest BCUT2D eigenvalue weighted by atomic mass is 35.5. The normalized spacial score (nSPS) is 11.7. The van der Waals surface area contributed by atoms with E-state index in [1.165, 1.54) is 0 Å². The number of benzene rings is 1. The maximum atomic E-state index is 11.8. The maximum Gasteiger partial charge on any atom is 0.258 e. The average molecular weight is 356 g/mol. The summed E-state index contributed by atoms with van der Waals surface area (Å²) >= 11 is 11.7. The number of halogens is 3. The topological polar surface area (TPSA) is 64.3 Å². The molecule has 3 N–H and O–H groups in total. The monoisotopic (exact) mass is 354 g/mol. The fourth-order valence-corrected chi connectivity index (χ4v) is 2.06. The van der Waals surface area contributed by atoms with Crippen molar-refractivity contribution in [1.29, 1.82) is 0 Å². The summed E-state index contributed by atoms with van der Waals surface area (Å²) in [6.07, 6.45) is 0.842. The van der Waals surface area contributed by atoms with E-state index < -0.39 is 0 Å². The van der Waals surface area contributed by atoms with Crippen molar-refractivity contribution in [2.45, 2.75) is 26.3 Å². The van der Waals surface area contributed by atoms with Gasteiger partial charge in [-0.25, -0.2) is 0 Å². The van der Waals surface area contributed by atoms with Crippen molar-refractivity contribution in [3.05, 3.63) is 28.2 Å². The van der Waals surface area contributed by atoms with Crippen LogP contribution in [0.2, 0.25) is 10.0 Å². The highest BCUT2D eigenvalue weighted by molar-refractivity contribution is 6.42. The summed E-state index contributed by atoms with van der Waals surface area (Å²) < 4.78 is 5.36. The lowest BCUT2D eigenvalue weighted by atomic mass is 10.0. The van der Waals surface area contributed by atoms with Crippen LogP contribution in [0.5, 0.6) is 5.75 Å². The minimum atomic E-state index is -0.202. The molecule has 1 aromatic rings. The van der Waals surface area contributed by atoms with Crippen molar-refractivity contribution in [3.8, 4) is 5.75 Å². The van der Waals surface area contributed by atoms with Crippen LogP contribution < -0.4 is 15.8 Å². The predicted molar refractivity (Wildman–Crippen MR) is 89.6 cm³/mol. The average Bonchev–Trinajstić information content (AvgIpc) is 2.39. The molecular weight excluding hydrogens is 335 g/mol. The molecule has 1 atom stereocenters. The van der Waals surface area contributed by atoms with Crippen LogP contribution >= 0.6 is 35.6 Å². The van der Waals surface area contributed by atoms with Crippen LogP contribution in [0.4, 0.5) is 0 Å². The number of carbonyl (C=O) groups excluding carboxylic acids is 1. The van der Waals surface area contributed by atoms with Gasteiger partial charge in [0.25, 0.3) is 5.91 Å². The second kappa shape index (κ2) is 10.1. The number of nitrogens with one attached hydrogen (secondary N) is 1. The standard InChI is InChI=1S/C14H20Cl2N2O2.ClH/c1-9(2)5-10(7-17)18-14(19)8-20-11-3-4-12(15)13(16)6-11;/h3-4,6,9-10H,5,7-8,17H2,1-2H3,(H,18,19);1H. The smallest absolute Gasteiger partial charge is 0.258 e. The van der Waals surface area contributed by atoms with Crippen molar-refractivity contribution < 1.29 is 9.53 Å². The first kappa shape index (κ1) is 20.3. The maximum absolute atomic E-state index is 11.8. The summed E-state index contributed by atoms with van der Waals surface area (Å²) in [5.74, 6) is 0.773. The van der Waals surface area contributed by atoms with E-state index in [4.69, 9.17) is 33.7 Å². The van der Waals surface area contributed by atoms with Gasteiger partial charge in [0, 0.05) is 18.7 Å². The zero-order valence-corrected chi connectivity index (χ0v) is 14.4. The minimum absolute atomic E-state index is 0. The number of amides is 1. The molecule has 7 heteroatoms. The van der Waals surface area contributed by atoms with E-state index in [-0.39, 0.29) is 31.0 Å². The van der Waals surface area contributed by atoms with Crippen LogP contribution in [0.3, 0.4) is 0 Å². The Morgan fingerprint density at radius 3 is 2.52 bits per heavy atom. The quantitative estimate of drug-likeness (QED) is 0.789. The Morgan fingerprint density at radius 2 is 2.00 bits per heavy atom. The molecule has 0 bridgehead atoms. The lowest BCUT2D eigenvalue weighted by Gasteiger charge is -2.18. The van der Waals surface area contributed by atoms with E-state index in [1.807, 2.05) is 0 Å². The largest absolute Gasteiger partial charge is 0.484 e. The van der Waals surface area contributed by atoms with E-state index in [2.05, 4.69) is 19.2 Å². The Bertz CT molecular complexity index is 456. The Hall–Kier alpha value is -0.680. The third kappa shape index (κ3) is 7.77. The molecule has 4 nitrogen and oxygen atoms in total. The van der Waals surface area contributed by atoms with Gasteiger partial charge in [0.05, 0.1) is 10.0 Å². The SMILES string of the molecule is CC(C)CC(CN)NC(=O)COc1ccc(Cl)c(Cl)c1.Cl. The molecular formula is C14H21Cl3N2O2. The van der Waals surface area contributed by atoms with Crippen LogP contribution in [-0.4, -0.2) is 25.1 Å². The van der Waals surface area contributed by atoms with Crippen LogP contribution in [0.25, 0.3) is 0 Å². The number of hydrogen-bond acceptors (Lipinski definition) is 3. The van der Waals surface area contributed by atoms with Gasteiger partial charge in [-0.15, -0.1) is 12.4 Å². The molecule has 1 aromatic carbocycles. The highest BCUT2D eigenvalue weighted by Crippen LogP contribution is 2.26. The summed E-state index contributed by atoms with van der Waals surface area (Å²) in [6, 6.07) is 4.83. The van der Waals surface area contributed by atoms with Gasteiger partial charge in [0.1, 0.15) is 5.75 Å². The second-order valence-electron chi connectivity index (χ2n) is 4.99. The first-order valence-corrected chi connectivity index (χ1v) is 7.25. The molecule has 0 fully saturated rings. The first-order chi connectivity index (χ1) is 9.42. The van der Waals surface area contributed by atoms with Gasteiger partial charge >= 0.3 is 0 Å². The zero-order chi connectivity index (χ0) is 15.1. The molecule has 0 heterocycles. The lowest BCUT2D eigenvalue weighted by molar-refractivity contribution is -0.123. The van der Waals surface area contributed by atoms with E-state index in [0.29, 0.717) is 28.3 Å². The molecule has 21 heavy (non-hydrogen) atoms. The number of ether oxygens (including phenoxy) is 1. The van der Waals surface area contributed by atoms with Crippen molar-refractivity contribution in [2.24, 2.45) is 11.7 Å². The van der Waals surface area contributed by atoms with E-state index >= 15 is 0 Å². The summed E-state index contributed by atoms with van der Waals surface area (Å²) in [5, 5.41) is 3.69. The van der Waals surface area contributed by atoms with Crippen LogP contribution in [0.1, 0.15) is 20.3 Å². The Balaban J connectivity index is 0.00000400. The fraction of sp³-hybridized carbons (Fsp3) is 0.500. The van der Waals surface area contributed by atoms with Crippen LogP contribution in [0.15, 0.2) is 18.2 Å². The number of nitrogens with two attached hydrogens (primary N) is 1. The second-order valence-corrected chi connectivity index (χ2v) is 5.81. The van der Waals surface area contributed by atoms with Gasteiger partial charge in [-0.1, -0.05) is 37.0 Å². The lowest BCUT2D eigenvalue weighted by Crippen LogP contribution is -2.43. The molecule has 0 radical (unpaired) electrons.